The van der Waals surface area contributed by atoms with E-state index < -0.39 is 15.8 Å². The second kappa shape index (κ2) is 5.36. The molecule has 18 heavy (non-hydrogen) atoms. The zero-order valence-electron chi connectivity index (χ0n) is 10.5. The van der Waals surface area contributed by atoms with Crippen LogP contribution in [0.1, 0.15) is 32.6 Å². The third-order valence-corrected chi connectivity index (χ3v) is 5.43. The zero-order valence-corrected chi connectivity index (χ0v) is 11.3. The summed E-state index contributed by atoms with van der Waals surface area (Å²) in [6, 6.07) is 5.14. The van der Waals surface area contributed by atoms with Gasteiger partial charge in [0, 0.05) is 12.6 Å². The molecule has 1 atom stereocenters. The highest BCUT2D eigenvalue weighted by atomic mass is 32.2. The molecule has 1 aromatic rings. The van der Waals surface area contributed by atoms with E-state index in [9.17, 15) is 12.8 Å². The maximum atomic E-state index is 12.9. The Bertz CT molecular complexity index is 498. The molecule has 1 aliphatic heterocycles. The molecule has 1 fully saturated rings. The first-order valence-electron chi connectivity index (χ1n) is 6.33. The van der Waals surface area contributed by atoms with Gasteiger partial charge in [0.25, 0.3) is 0 Å². The molecule has 2 rings (SSSR count). The molecule has 100 valence electrons. The van der Waals surface area contributed by atoms with Crippen LogP contribution in [0.15, 0.2) is 29.2 Å². The Morgan fingerprint density at radius 1 is 1.28 bits per heavy atom. The van der Waals surface area contributed by atoms with Crippen LogP contribution in [0.2, 0.25) is 0 Å². The van der Waals surface area contributed by atoms with Gasteiger partial charge in [-0.3, -0.25) is 0 Å². The van der Waals surface area contributed by atoms with E-state index in [4.69, 9.17) is 0 Å². The summed E-state index contributed by atoms with van der Waals surface area (Å²) >= 11 is 0. The molecule has 0 bridgehead atoms. The van der Waals surface area contributed by atoms with Crippen molar-refractivity contribution in [2.24, 2.45) is 0 Å². The predicted molar refractivity (Wildman–Crippen MR) is 68.2 cm³/mol. The summed E-state index contributed by atoms with van der Waals surface area (Å²) < 4.78 is 39.4. The van der Waals surface area contributed by atoms with E-state index in [0.717, 1.165) is 25.7 Å². The van der Waals surface area contributed by atoms with E-state index in [2.05, 4.69) is 0 Å². The van der Waals surface area contributed by atoms with E-state index >= 15 is 0 Å². The second-order valence-corrected chi connectivity index (χ2v) is 6.52. The molecule has 0 N–H and O–H groups in total. The first-order chi connectivity index (χ1) is 8.55. The minimum Gasteiger partial charge on any atom is -0.207 e. The van der Waals surface area contributed by atoms with Crippen molar-refractivity contribution < 1.29 is 12.8 Å². The molecule has 1 saturated heterocycles. The fraction of sp³-hybridized carbons (Fsp3) is 0.538. The number of benzene rings is 1. The molecule has 5 heteroatoms. The van der Waals surface area contributed by atoms with Crippen LogP contribution in [0.5, 0.6) is 0 Å². The van der Waals surface area contributed by atoms with Crippen molar-refractivity contribution in [2.75, 3.05) is 6.54 Å². The molecule has 0 radical (unpaired) electrons. The summed E-state index contributed by atoms with van der Waals surface area (Å²) in [6.45, 7) is 2.57. The monoisotopic (exact) mass is 271 g/mol. The fourth-order valence-electron chi connectivity index (χ4n) is 2.44. The quantitative estimate of drug-likeness (QED) is 0.847. The van der Waals surface area contributed by atoms with Crippen LogP contribution in [0.25, 0.3) is 0 Å². The Morgan fingerprint density at radius 2 is 1.94 bits per heavy atom. The molecule has 1 aromatic carbocycles. The van der Waals surface area contributed by atoms with E-state index in [0.29, 0.717) is 6.54 Å². The number of hydrogen-bond donors (Lipinski definition) is 0. The second-order valence-electron chi connectivity index (χ2n) is 4.63. The highest BCUT2D eigenvalue weighted by molar-refractivity contribution is 7.89. The van der Waals surface area contributed by atoms with Crippen molar-refractivity contribution in [3.8, 4) is 0 Å². The lowest BCUT2D eigenvalue weighted by Crippen LogP contribution is -2.43. The third kappa shape index (κ3) is 2.57. The summed E-state index contributed by atoms with van der Waals surface area (Å²) in [5.41, 5.74) is 0. The Hall–Kier alpha value is -0.940. The van der Waals surface area contributed by atoms with Gasteiger partial charge in [-0.05, 0) is 43.5 Å². The predicted octanol–water partition coefficient (Wildman–Crippen LogP) is 2.78. The standard InChI is InChI=1S/C13H18FNO2S/c1-2-12-5-3-4-10-15(12)18(16,17)13-8-6-11(14)7-9-13/h6-9,12H,2-5,10H2,1H3/t12-/m0/s1. The van der Waals surface area contributed by atoms with Gasteiger partial charge < -0.3 is 0 Å². The normalized spacial score (nSPS) is 22.0. The van der Waals surface area contributed by atoms with Crippen LogP contribution in [-0.2, 0) is 10.0 Å². The highest BCUT2D eigenvalue weighted by Gasteiger charge is 2.32. The van der Waals surface area contributed by atoms with Gasteiger partial charge >= 0.3 is 0 Å². The number of rotatable bonds is 3. The summed E-state index contributed by atoms with van der Waals surface area (Å²) in [4.78, 5) is 0.184. The maximum absolute atomic E-state index is 12.9. The van der Waals surface area contributed by atoms with Gasteiger partial charge in [0.2, 0.25) is 10.0 Å². The zero-order chi connectivity index (χ0) is 13.2. The topological polar surface area (TPSA) is 37.4 Å². The smallest absolute Gasteiger partial charge is 0.207 e. The highest BCUT2D eigenvalue weighted by Crippen LogP contribution is 2.26. The molecule has 3 nitrogen and oxygen atoms in total. The SMILES string of the molecule is CC[C@H]1CCCCN1S(=O)(=O)c1ccc(F)cc1. The van der Waals surface area contributed by atoms with Crippen LogP contribution < -0.4 is 0 Å². The van der Waals surface area contributed by atoms with Gasteiger partial charge in [-0.1, -0.05) is 13.3 Å². The van der Waals surface area contributed by atoms with Crippen LogP contribution >= 0.6 is 0 Å². The van der Waals surface area contributed by atoms with E-state index in [1.807, 2.05) is 6.92 Å². The Kier molecular flexibility index (Phi) is 4.02. The maximum Gasteiger partial charge on any atom is 0.243 e. The molecule has 0 amide bonds. The van der Waals surface area contributed by atoms with Crippen LogP contribution in [0, 0.1) is 5.82 Å². The minimum absolute atomic E-state index is 0.0776. The molecule has 0 aliphatic carbocycles. The van der Waals surface area contributed by atoms with Crippen molar-refractivity contribution in [1.29, 1.82) is 0 Å². The average molecular weight is 271 g/mol. The van der Waals surface area contributed by atoms with Gasteiger partial charge in [0.05, 0.1) is 4.90 Å². The van der Waals surface area contributed by atoms with Crippen molar-refractivity contribution in [3.05, 3.63) is 30.1 Å². The van der Waals surface area contributed by atoms with Crippen molar-refractivity contribution in [2.45, 2.75) is 43.5 Å². The van der Waals surface area contributed by atoms with Crippen LogP contribution in [0.4, 0.5) is 4.39 Å². The molecule has 0 aromatic heterocycles. The lowest BCUT2D eigenvalue weighted by molar-refractivity contribution is 0.246. The largest absolute Gasteiger partial charge is 0.243 e. The van der Waals surface area contributed by atoms with Gasteiger partial charge in [-0.15, -0.1) is 0 Å². The lowest BCUT2D eigenvalue weighted by Gasteiger charge is -2.34. The number of halogens is 1. The Balaban J connectivity index is 2.32. The Labute approximate surface area is 108 Å². The van der Waals surface area contributed by atoms with Crippen molar-refractivity contribution in [1.82, 2.24) is 4.31 Å². The van der Waals surface area contributed by atoms with Crippen LogP contribution in [-0.4, -0.2) is 25.3 Å². The number of nitrogens with zero attached hydrogens (tertiary/aromatic N) is 1. The summed E-state index contributed by atoms with van der Waals surface area (Å²) in [6.07, 6.45) is 3.71. The van der Waals surface area contributed by atoms with Crippen molar-refractivity contribution >= 4 is 10.0 Å². The summed E-state index contributed by atoms with van der Waals surface area (Å²) in [5.74, 6) is -0.417. The molecule has 0 spiro atoms. The fourth-order valence-corrected chi connectivity index (χ4v) is 4.21. The van der Waals surface area contributed by atoms with Gasteiger partial charge in [0.1, 0.15) is 5.82 Å². The first-order valence-corrected chi connectivity index (χ1v) is 7.77. The van der Waals surface area contributed by atoms with Gasteiger partial charge in [-0.2, -0.15) is 4.31 Å². The number of hydrogen-bond acceptors (Lipinski definition) is 2. The Morgan fingerprint density at radius 3 is 2.56 bits per heavy atom. The van der Waals surface area contributed by atoms with Crippen molar-refractivity contribution in [3.63, 3.8) is 0 Å². The molecular formula is C13H18FNO2S. The summed E-state index contributed by atoms with van der Waals surface area (Å²) in [7, 11) is -3.47. The average Bonchev–Trinajstić information content (AvgIpc) is 2.39. The van der Waals surface area contributed by atoms with Crippen LogP contribution in [0.3, 0.4) is 0 Å². The molecule has 1 aliphatic rings. The molecular weight excluding hydrogens is 253 g/mol. The number of sulfonamides is 1. The molecule has 1 heterocycles. The minimum atomic E-state index is -3.47. The lowest BCUT2D eigenvalue weighted by atomic mass is 10.0. The molecule has 0 unspecified atom stereocenters. The number of piperidine rings is 1. The summed E-state index contributed by atoms with van der Waals surface area (Å²) in [5, 5.41) is 0. The first kappa shape index (κ1) is 13.5. The van der Waals surface area contributed by atoms with E-state index in [1.165, 1.54) is 24.3 Å². The van der Waals surface area contributed by atoms with E-state index in [-0.39, 0.29) is 10.9 Å². The van der Waals surface area contributed by atoms with Gasteiger partial charge in [-0.25, -0.2) is 12.8 Å². The van der Waals surface area contributed by atoms with E-state index in [1.54, 1.807) is 4.31 Å². The molecule has 0 saturated carbocycles. The third-order valence-electron chi connectivity index (χ3n) is 3.46. The van der Waals surface area contributed by atoms with Gasteiger partial charge in [0.15, 0.2) is 0 Å².